The maximum Gasteiger partial charge on any atom is 0.188 e. The first-order valence-corrected chi connectivity index (χ1v) is 7.40. The van der Waals surface area contributed by atoms with Gasteiger partial charge < -0.3 is 0 Å². The van der Waals surface area contributed by atoms with Gasteiger partial charge in [0, 0.05) is 6.42 Å². The molecule has 17 heavy (non-hydrogen) atoms. The number of ketones is 1. The van der Waals surface area contributed by atoms with Crippen LogP contribution in [0.4, 0.5) is 0 Å². The summed E-state index contributed by atoms with van der Waals surface area (Å²) in [6.07, 6.45) is 2.51. The molecule has 92 valence electrons. The van der Waals surface area contributed by atoms with Crippen molar-refractivity contribution in [1.82, 2.24) is 0 Å². The average Bonchev–Trinajstić information content (AvgIpc) is 2.30. The van der Waals surface area contributed by atoms with Gasteiger partial charge in [0.1, 0.15) is 5.25 Å². The molecule has 0 amide bonds. The number of hydrogen-bond acceptors (Lipinski definition) is 3. The summed E-state index contributed by atoms with van der Waals surface area (Å²) in [5.41, 5.74) is 1.01. The van der Waals surface area contributed by atoms with Crippen LogP contribution in [0.15, 0.2) is 29.2 Å². The molecule has 1 aromatic carbocycles. The Morgan fingerprint density at radius 2 is 1.76 bits per heavy atom. The lowest BCUT2D eigenvalue weighted by Gasteiger charge is -2.20. The fourth-order valence-electron chi connectivity index (χ4n) is 2.17. The highest BCUT2D eigenvalue weighted by molar-refractivity contribution is 7.92. The van der Waals surface area contributed by atoms with Crippen molar-refractivity contribution in [1.29, 1.82) is 0 Å². The van der Waals surface area contributed by atoms with Gasteiger partial charge in [-0.25, -0.2) is 8.42 Å². The van der Waals surface area contributed by atoms with Crippen molar-refractivity contribution in [3.63, 3.8) is 0 Å². The molecule has 0 aromatic heterocycles. The summed E-state index contributed by atoms with van der Waals surface area (Å²) in [5.74, 6) is -0.128. The monoisotopic (exact) mass is 252 g/mol. The van der Waals surface area contributed by atoms with Gasteiger partial charge in [-0.05, 0) is 31.9 Å². The van der Waals surface area contributed by atoms with E-state index in [-0.39, 0.29) is 10.7 Å². The Labute approximate surface area is 102 Å². The van der Waals surface area contributed by atoms with Crippen LogP contribution in [0.3, 0.4) is 0 Å². The van der Waals surface area contributed by atoms with Crippen molar-refractivity contribution in [2.24, 2.45) is 0 Å². The molecule has 0 spiro atoms. The normalized spacial score (nSPS) is 21.5. The quantitative estimate of drug-likeness (QED) is 0.811. The van der Waals surface area contributed by atoms with E-state index in [2.05, 4.69) is 0 Å². The molecule has 2 rings (SSSR count). The number of aryl methyl sites for hydroxylation is 1. The van der Waals surface area contributed by atoms with Crippen LogP contribution in [0.5, 0.6) is 0 Å². The molecule has 0 aliphatic heterocycles. The van der Waals surface area contributed by atoms with Crippen LogP contribution in [0.1, 0.15) is 31.2 Å². The largest absolute Gasteiger partial charge is 0.298 e. The summed E-state index contributed by atoms with van der Waals surface area (Å²) in [4.78, 5) is 12.0. The maximum atomic E-state index is 12.3. The number of hydrogen-bond donors (Lipinski definition) is 0. The van der Waals surface area contributed by atoms with Gasteiger partial charge in [0.2, 0.25) is 0 Å². The zero-order chi connectivity index (χ0) is 12.5. The minimum Gasteiger partial charge on any atom is -0.298 e. The number of sulfone groups is 1. The first-order chi connectivity index (χ1) is 8.01. The smallest absolute Gasteiger partial charge is 0.188 e. The fourth-order valence-corrected chi connectivity index (χ4v) is 3.96. The Hall–Kier alpha value is -1.16. The third-order valence-electron chi connectivity index (χ3n) is 3.22. The van der Waals surface area contributed by atoms with E-state index in [1.54, 1.807) is 24.3 Å². The third-order valence-corrected chi connectivity index (χ3v) is 5.40. The van der Waals surface area contributed by atoms with Crippen molar-refractivity contribution in [2.45, 2.75) is 42.8 Å². The Morgan fingerprint density at radius 3 is 2.35 bits per heavy atom. The van der Waals surface area contributed by atoms with Crippen LogP contribution in [0.25, 0.3) is 0 Å². The molecule has 1 aliphatic carbocycles. The van der Waals surface area contributed by atoms with Crippen molar-refractivity contribution >= 4 is 15.6 Å². The molecule has 0 unspecified atom stereocenters. The van der Waals surface area contributed by atoms with E-state index in [0.717, 1.165) is 18.4 Å². The topological polar surface area (TPSA) is 51.2 Å². The molecule has 1 aliphatic rings. The van der Waals surface area contributed by atoms with Gasteiger partial charge in [-0.3, -0.25) is 4.79 Å². The molecule has 1 aromatic rings. The molecule has 0 heterocycles. The maximum absolute atomic E-state index is 12.3. The predicted molar refractivity (Wildman–Crippen MR) is 65.6 cm³/mol. The Morgan fingerprint density at radius 1 is 1.12 bits per heavy atom. The van der Waals surface area contributed by atoms with Crippen LogP contribution in [0, 0.1) is 6.92 Å². The fraction of sp³-hybridized carbons (Fsp3) is 0.462. The number of rotatable bonds is 2. The minimum atomic E-state index is -3.48. The zero-order valence-corrected chi connectivity index (χ0v) is 10.7. The average molecular weight is 252 g/mol. The Bertz CT molecular complexity index is 514. The molecular formula is C13H16O3S. The summed E-state index contributed by atoms with van der Waals surface area (Å²) in [7, 11) is -3.48. The molecule has 0 N–H and O–H groups in total. The van der Waals surface area contributed by atoms with E-state index < -0.39 is 15.1 Å². The lowest BCUT2D eigenvalue weighted by Crippen LogP contribution is -2.33. The van der Waals surface area contributed by atoms with Gasteiger partial charge in [-0.2, -0.15) is 0 Å². The van der Waals surface area contributed by atoms with Gasteiger partial charge in [0.15, 0.2) is 15.6 Å². The van der Waals surface area contributed by atoms with Crippen LogP contribution in [-0.2, 0) is 14.6 Å². The summed E-state index contributed by atoms with van der Waals surface area (Å²) in [6.45, 7) is 1.90. The highest BCUT2D eigenvalue weighted by Gasteiger charge is 2.35. The number of benzene rings is 1. The summed E-state index contributed by atoms with van der Waals surface area (Å²) in [6, 6.07) is 6.71. The SMILES string of the molecule is Cc1ccc(S(=O)(=O)[C@@H]2CCCCC2=O)cc1. The van der Waals surface area contributed by atoms with Gasteiger partial charge >= 0.3 is 0 Å². The van der Waals surface area contributed by atoms with Gasteiger partial charge in [0.25, 0.3) is 0 Å². The highest BCUT2D eigenvalue weighted by atomic mass is 32.2. The lowest BCUT2D eigenvalue weighted by molar-refractivity contribution is -0.119. The van der Waals surface area contributed by atoms with Crippen LogP contribution >= 0.6 is 0 Å². The summed E-state index contributed by atoms with van der Waals surface area (Å²) in [5, 5.41) is -0.820. The van der Waals surface area contributed by atoms with Crippen molar-refractivity contribution in [3.05, 3.63) is 29.8 Å². The molecule has 3 nitrogen and oxygen atoms in total. The molecule has 1 fully saturated rings. The zero-order valence-electron chi connectivity index (χ0n) is 9.85. The van der Waals surface area contributed by atoms with Crippen molar-refractivity contribution in [2.75, 3.05) is 0 Å². The standard InChI is InChI=1S/C13H16O3S/c1-10-6-8-11(9-7-10)17(15,16)13-5-3-2-4-12(13)14/h6-9,13H,2-5H2,1H3/t13-/m1/s1. The van der Waals surface area contributed by atoms with E-state index >= 15 is 0 Å². The predicted octanol–water partition coefficient (Wildman–Crippen LogP) is 2.28. The second kappa shape index (κ2) is 4.61. The van der Waals surface area contributed by atoms with Crippen molar-refractivity contribution in [3.8, 4) is 0 Å². The number of carbonyl (C=O) groups is 1. The second-order valence-corrected chi connectivity index (χ2v) is 6.69. The van der Waals surface area contributed by atoms with E-state index in [1.807, 2.05) is 6.92 Å². The van der Waals surface area contributed by atoms with Crippen LogP contribution in [0.2, 0.25) is 0 Å². The van der Waals surface area contributed by atoms with Gasteiger partial charge in [-0.1, -0.05) is 24.1 Å². The molecule has 0 bridgehead atoms. The van der Waals surface area contributed by atoms with Crippen molar-refractivity contribution < 1.29 is 13.2 Å². The Kier molecular flexibility index (Phi) is 3.33. The molecular weight excluding hydrogens is 236 g/mol. The second-order valence-electron chi connectivity index (χ2n) is 4.56. The summed E-state index contributed by atoms with van der Waals surface area (Å²) >= 11 is 0. The summed E-state index contributed by atoms with van der Waals surface area (Å²) < 4.78 is 24.6. The van der Waals surface area contributed by atoms with E-state index in [4.69, 9.17) is 0 Å². The first kappa shape index (κ1) is 12.3. The third kappa shape index (κ3) is 2.41. The number of carbonyl (C=O) groups excluding carboxylic acids is 1. The van der Waals surface area contributed by atoms with E-state index in [1.165, 1.54) is 0 Å². The lowest BCUT2D eigenvalue weighted by atomic mass is 9.99. The van der Waals surface area contributed by atoms with E-state index in [9.17, 15) is 13.2 Å². The minimum absolute atomic E-state index is 0.128. The van der Waals surface area contributed by atoms with Crippen LogP contribution in [-0.4, -0.2) is 19.5 Å². The number of Topliss-reactive ketones (excluding diaryl/α,β-unsaturated/α-hetero) is 1. The van der Waals surface area contributed by atoms with Gasteiger partial charge in [0.05, 0.1) is 4.90 Å². The first-order valence-electron chi connectivity index (χ1n) is 5.85. The highest BCUT2D eigenvalue weighted by Crippen LogP contribution is 2.26. The van der Waals surface area contributed by atoms with Crippen LogP contribution < -0.4 is 0 Å². The Balaban J connectivity index is 2.35. The molecule has 1 saturated carbocycles. The molecule has 1 atom stereocenters. The molecule has 0 radical (unpaired) electrons. The van der Waals surface area contributed by atoms with Gasteiger partial charge in [-0.15, -0.1) is 0 Å². The molecule has 4 heteroatoms. The molecule has 0 saturated heterocycles. The van der Waals surface area contributed by atoms with E-state index in [0.29, 0.717) is 12.8 Å².